The predicted molar refractivity (Wildman–Crippen MR) is 78.9 cm³/mol. The van der Waals surface area contributed by atoms with E-state index in [1.54, 1.807) is 6.20 Å². The van der Waals surface area contributed by atoms with Crippen LogP contribution in [0.25, 0.3) is 0 Å². The van der Waals surface area contributed by atoms with E-state index in [1.807, 2.05) is 43.3 Å². The van der Waals surface area contributed by atoms with E-state index in [2.05, 4.69) is 14.9 Å². The van der Waals surface area contributed by atoms with Crippen molar-refractivity contribution in [3.05, 3.63) is 54.1 Å². The zero-order chi connectivity index (χ0) is 14.7. The van der Waals surface area contributed by atoms with Gasteiger partial charge >= 0.3 is 0 Å². The van der Waals surface area contributed by atoms with E-state index < -0.39 is 6.10 Å². The average Bonchev–Trinajstić information content (AvgIpc) is 2.80. The molecule has 0 aliphatic carbocycles. The standard InChI is InChI=1S/C16H19N3O2/c1-12-17-8-7-13(18-12)9-19-10-15(20)16(11-19)21-14-5-3-2-4-6-14/h2-8,15-16,20H,9-11H2,1H3/t15-,16-/m1/s1. The summed E-state index contributed by atoms with van der Waals surface area (Å²) in [7, 11) is 0. The summed E-state index contributed by atoms with van der Waals surface area (Å²) in [6.07, 6.45) is 1.09. The first-order valence-corrected chi connectivity index (χ1v) is 7.11. The molecule has 1 aliphatic heterocycles. The van der Waals surface area contributed by atoms with E-state index in [0.717, 1.165) is 17.3 Å². The maximum absolute atomic E-state index is 10.2. The van der Waals surface area contributed by atoms with Crippen LogP contribution in [0.15, 0.2) is 42.6 Å². The summed E-state index contributed by atoms with van der Waals surface area (Å²) in [5.74, 6) is 1.56. The highest BCUT2D eigenvalue weighted by Gasteiger charge is 2.33. The molecule has 1 aromatic heterocycles. The number of para-hydroxylation sites is 1. The molecule has 2 atom stereocenters. The molecule has 1 N–H and O–H groups in total. The van der Waals surface area contributed by atoms with Gasteiger partial charge in [0.05, 0.1) is 5.69 Å². The van der Waals surface area contributed by atoms with Gasteiger partial charge in [-0.3, -0.25) is 4.90 Å². The smallest absolute Gasteiger partial charge is 0.138 e. The highest BCUT2D eigenvalue weighted by Crippen LogP contribution is 2.19. The van der Waals surface area contributed by atoms with Crippen molar-refractivity contribution in [2.24, 2.45) is 0 Å². The molecule has 1 aromatic carbocycles. The minimum atomic E-state index is -0.479. The fourth-order valence-corrected chi connectivity index (χ4v) is 2.57. The Bertz CT molecular complexity index is 591. The number of β-amino-alcohol motifs (C(OH)–C–C–N with tert-alkyl or cyclic N) is 1. The molecular formula is C16H19N3O2. The van der Waals surface area contributed by atoms with Crippen LogP contribution in [0.3, 0.4) is 0 Å². The largest absolute Gasteiger partial charge is 0.486 e. The molecule has 1 fully saturated rings. The van der Waals surface area contributed by atoms with Gasteiger partial charge in [0.1, 0.15) is 23.8 Å². The number of hydrogen-bond acceptors (Lipinski definition) is 5. The minimum absolute atomic E-state index is 0.199. The second-order valence-electron chi connectivity index (χ2n) is 5.33. The third-order valence-electron chi connectivity index (χ3n) is 3.56. The number of hydrogen-bond donors (Lipinski definition) is 1. The average molecular weight is 285 g/mol. The fourth-order valence-electron chi connectivity index (χ4n) is 2.57. The lowest BCUT2D eigenvalue weighted by molar-refractivity contribution is 0.0737. The first kappa shape index (κ1) is 14.0. The van der Waals surface area contributed by atoms with Gasteiger partial charge in [0.25, 0.3) is 0 Å². The maximum atomic E-state index is 10.2. The Kier molecular flexibility index (Phi) is 4.13. The summed E-state index contributed by atoms with van der Waals surface area (Å²) in [6.45, 7) is 3.87. The van der Waals surface area contributed by atoms with Crippen molar-refractivity contribution < 1.29 is 9.84 Å². The lowest BCUT2D eigenvalue weighted by Crippen LogP contribution is -2.29. The van der Waals surface area contributed by atoms with Crippen LogP contribution in [-0.2, 0) is 6.54 Å². The number of ether oxygens (including phenoxy) is 1. The van der Waals surface area contributed by atoms with Gasteiger partial charge in [0.15, 0.2) is 0 Å². The maximum Gasteiger partial charge on any atom is 0.138 e. The lowest BCUT2D eigenvalue weighted by Gasteiger charge is -2.17. The number of likely N-dealkylation sites (tertiary alicyclic amines) is 1. The Morgan fingerprint density at radius 3 is 2.81 bits per heavy atom. The Morgan fingerprint density at radius 1 is 1.24 bits per heavy atom. The highest BCUT2D eigenvalue weighted by atomic mass is 16.5. The molecule has 5 nitrogen and oxygen atoms in total. The topological polar surface area (TPSA) is 58.5 Å². The molecule has 0 spiro atoms. The number of aromatic nitrogens is 2. The number of aliphatic hydroxyl groups is 1. The van der Waals surface area contributed by atoms with Crippen LogP contribution in [0.2, 0.25) is 0 Å². The van der Waals surface area contributed by atoms with Gasteiger partial charge < -0.3 is 9.84 Å². The van der Waals surface area contributed by atoms with Crippen LogP contribution in [0.4, 0.5) is 0 Å². The molecule has 0 amide bonds. The molecule has 0 saturated carbocycles. The van der Waals surface area contributed by atoms with Gasteiger partial charge in [0, 0.05) is 25.8 Å². The molecule has 1 aliphatic rings. The number of rotatable bonds is 4. The summed E-state index contributed by atoms with van der Waals surface area (Å²) in [5, 5.41) is 10.2. The van der Waals surface area contributed by atoms with E-state index in [1.165, 1.54) is 0 Å². The number of aryl methyl sites for hydroxylation is 1. The Morgan fingerprint density at radius 2 is 2.05 bits per heavy atom. The zero-order valence-electron chi connectivity index (χ0n) is 12.0. The van der Waals surface area contributed by atoms with Crippen molar-refractivity contribution in [1.29, 1.82) is 0 Å². The van der Waals surface area contributed by atoms with Crippen LogP contribution in [0.1, 0.15) is 11.5 Å². The molecule has 0 radical (unpaired) electrons. The first-order chi connectivity index (χ1) is 10.2. The summed E-state index contributed by atoms with van der Waals surface area (Å²) in [6, 6.07) is 11.5. The number of benzene rings is 1. The molecular weight excluding hydrogens is 266 g/mol. The van der Waals surface area contributed by atoms with Crippen molar-refractivity contribution in [3.8, 4) is 5.75 Å². The quantitative estimate of drug-likeness (QED) is 0.920. The van der Waals surface area contributed by atoms with Gasteiger partial charge in [-0.2, -0.15) is 0 Å². The van der Waals surface area contributed by atoms with Crippen molar-refractivity contribution in [2.45, 2.75) is 25.7 Å². The molecule has 21 heavy (non-hydrogen) atoms. The monoisotopic (exact) mass is 285 g/mol. The third-order valence-corrected chi connectivity index (χ3v) is 3.56. The molecule has 1 saturated heterocycles. The molecule has 2 heterocycles. The Labute approximate surface area is 124 Å². The van der Waals surface area contributed by atoms with Gasteiger partial charge in [-0.05, 0) is 25.1 Å². The van der Waals surface area contributed by atoms with E-state index in [9.17, 15) is 5.11 Å². The molecule has 2 aromatic rings. The van der Waals surface area contributed by atoms with Crippen LogP contribution in [0, 0.1) is 6.92 Å². The second-order valence-corrected chi connectivity index (χ2v) is 5.33. The lowest BCUT2D eigenvalue weighted by atomic mass is 10.2. The summed E-state index contributed by atoms with van der Waals surface area (Å²) in [5.41, 5.74) is 0.968. The van der Waals surface area contributed by atoms with Gasteiger partial charge in [-0.25, -0.2) is 9.97 Å². The van der Waals surface area contributed by atoms with E-state index in [0.29, 0.717) is 19.6 Å². The molecule has 3 rings (SSSR count). The van der Waals surface area contributed by atoms with Crippen molar-refractivity contribution in [2.75, 3.05) is 13.1 Å². The van der Waals surface area contributed by atoms with Gasteiger partial charge in [0.2, 0.25) is 0 Å². The van der Waals surface area contributed by atoms with Crippen LogP contribution in [0.5, 0.6) is 5.75 Å². The second kappa shape index (κ2) is 6.20. The molecule has 0 unspecified atom stereocenters. The molecule has 5 heteroatoms. The van der Waals surface area contributed by atoms with Gasteiger partial charge in [-0.15, -0.1) is 0 Å². The van der Waals surface area contributed by atoms with E-state index >= 15 is 0 Å². The molecule has 0 bridgehead atoms. The van der Waals surface area contributed by atoms with Crippen LogP contribution >= 0.6 is 0 Å². The van der Waals surface area contributed by atoms with Crippen LogP contribution in [-0.4, -0.2) is 45.3 Å². The van der Waals surface area contributed by atoms with E-state index in [4.69, 9.17) is 4.74 Å². The fraction of sp³-hybridized carbons (Fsp3) is 0.375. The Hall–Kier alpha value is -1.98. The summed E-state index contributed by atoms with van der Waals surface area (Å²) >= 11 is 0. The van der Waals surface area contributed by atoms with Gasteiger partial charge in [-0.1, -0.05) is 18.2 Å². The van der Waals surface area contributed by atoms with Crippen molar-refractivity contribution in [1.82, 2.24) is 14.9 Å². The number of nitrogens with zero attached hydrogens (tertiary/aromatic N) is 3. The summed E-state index contributed by atoms with van der Waals surface area (Å²) in [4.78, 5) is 10.6. The summed E-state index contributed by atoms with van der Waals surface area (Å²) < 4.78 is 5.85. The van der Waals surface area contributed by atoms with Crippen LogP contribution < -0.4 is 4.74 Å². The highest BCUT2D eigenvalue weighted by molar-refractivity contribution is 5.21. The minimum Gasteiger partial charge on any atom is -0.486 e. The first-order valence-electron chi connectivity index (χ1n) is 7.11. The Balaban J connectivity index is 1.61. The number of aliphatic hydroxyl groups excluding tert-OH is 1. The predicted octanol–water partition coefficient (Wildman–Crippen LogP) is 1.41. The SMILES string of the molecule is Cc1nccc(CN2C[C@@H](O)[C@H](Oc3ccccc3)C2)n1. The van der Waals surface area contributed by atoms with E-state index in [-0.39, 0.29) is 6.10 Å². The van der Waals surface area contributed by atoms with Crippen molar-refractivity contribution >= 4 is 0 Å². The molecule has 110 valence electrons. The normalized spacial score (nSPS) is 22.4. The third kappa shape index (κ3) is 3.56. The van der Waals surface area contributed by atoms with Crippen molar-refractivity contribution in [3.63, 3.8) is 0 Å². The zero-order valence-corrected chi connectivity index (χ0v) is 12.0.